The van der Waals surface area contributed by atoms with Gasteiger partial charge in [0, 0.05) is 36.9 Å². The maximum Gasteiger partial charge on any atom is 0.256 e. The summed E-state index contributed by atoms with van der Waals surface area (Å²) in [4.78, 5) is 16.1. The van der Waals surface area contributed by atoms with Crippen molar-refractivity contribution in [3.63, 3.8) is 0 Å². The summed E-state index contributed by atoms with van der Waals surface area (Å²) in [6.45, 7) is 2.20. The second-order valence-corrected chi connectivity index (χ2v) is 5.82. The molecule has 1 aliphatic heterocycles. The second-order valence-electron chi connectivity index (χ2n) is 5.38. The van der Waals surface area contributed by atoms with E-state index < -0.39 is 5.82 Å². The van der Waals surface area contributed by atoms with Crippen LogP contribution in [0.5, 0.6) is 0 Å². The molecule has 3 rings (SSSR count). The summed E-state index contributed by atoms with van der Waals surface area (Å²) in [6.07, 6.45) is 0. The fourth-order valence-electron chi connectivity index (χ4n) is 2.65. The maximum atomic E-state index is 13.9. The minimum absolute atomic E-state index is 0.0321. The van der Waals surface area contributed by atoms with Crippen LogP contribution < -0.4 is 4.90 Å². The normalized spacial score (nSPS) is 14.9. The highest BCUT2D eigenvalue weighted by Gasteiger charge is 2.24. The third-order valence-electron chi connectivity index (χ3n) is 3.92. The monoisotopic (exact) mass is 336 g/mol. The summed E-state index contributed by atoms with van der Waals surface area (Å²) in [5, 5.41) is 0.264. The molecule has 0 saturated carbocycles. The number of carbonyl (C=O) groups excluding carboxylic acids is 1. The minimum Gasteiger partial charge on any atom is -0.368 e. The van der Waals surface area contributed by atoms with Gasteiger partial charge in [-0.1, -0.05) is 11.6 Å². The molecule has 120 valence electrons. The van der Waals surface area contributed by atoms with E-state index in [0.29, 0.717) is 26.2 Å². The second kappa shape index (κ2) is 6.54. The van der Waals surface area contributed by atoms with Gasteiger partial charge in [0.15, 0.2) is 0 Å². The van der Waals surface area contributed by atoms with Crippen LogP contribution in [0.25, 0.3) is 0 Å². The van der Waals surface area contributed by atoms with Crippen molar-refractivity contribution in [3.05, 3.63) is 64.7 Å². The Bertz CT molecular complexity index is 713. The van der Waals surface area contributed by atoms with Gasteiger partial charge in [0.2, 0.25) is 0 Å². The fraction of sp³-hybridized carbons (Fsp3) is 0.235. The number of amides is 1. The molecule has 2 aromatic carbocycles. The van der Waals surface area contributed by atoms with Gasteiger partial charge in [-0.05, 0) is 42.5 Å². The van der Waals surface area contributed by atoms with Crippen molar-refractivity contribution in [1.82, 2.24) is 4.90 Å². The van der Waals surface area contributed by atoms with E-state index in [2.05, 4.69) is 4.90 Å². The summed E-state index contributed by atoms with van der Waals surface area (Å²) < 4.78 is 26.8. The summed E-state index contributed by atoms with van der Waals surface area (Å²) in [5.41, 5.74) is 0.945. The predicted molar refractivity (Wildman–Crippen MR) is 85.9 cm³/mol. The molecular formula is C17H15ClF2N2O. The van der Waals surface area contributed by atoms with Gasteiger partial charge >= 0.3 is 0 Å². The number of nitrogens with zero attached hydrogens (tertiary/aromatic N) is 2. The van der Waals surface area contributed by atoms with Gasteiger partial charge in [-0.2, -0.15) is 0 Å². The lowest BCUT2D eigenvalue weighted by molar-refractivity contribution is 0.0742. The molecule has 23 heavy (non-hydrogen) atoms. The van der Waals surface area contributed by atoms with E-state index in [4.69, 9.17) is 11.6 Å². The quantitative estimate of drug-likeness (QED) is 0.837. The first-order valence-electron chi connectivity index (χ1n) is 7.29. The molecule has 0 spiro atoms. The fourth-order valence-corrected chi connectivity index (χ4v) is 2.81. The molecule has 0 aromatic heterocycles. The largest absolute Gasteiger partial charge is 0.368 e. The molecule has 3 nitrogen and oxygen atoms in total. The van der Waals surface area contributed by atoms with E-state index in [0.717, 1.165) is 11.8 Å². The molecule has 0 unspecified atom stereocenters. The van der Waals surface area contributed by atoms with Crippen LogP contribution in [0.3, 0.4) is 0 Å². The SMILES string of the molecule is O=C(c1ccc(Cl)cc1F)N1CCN(c2ccc(F)cc2)CC1. The molecule has 6 heteroatoms. The molecule has 1 saturated heterocycles. The van der Waals surface area contributed by atoms with Gasteiger partial charge in [0.25, 0.3) is 5.91 Å². The van der Waals surface area contributed by atoms with Crippen LogP contribution in [0.1, 0.15) is 10.4 Å². The Hall–Kier alpha value is -2.14. The number of halogens is 3. The highest BCUT2D eigenvalue weighted by molar-refractivity contribution is 6.30. The van der Waals surface area contributed by atoms with Crippen molar-refractivity contribution >= 4 is 23.2 Å². The third-order valence-corrected chi connectivity index (χ3v) is 4.16. The first-order chi connectivity index (χ1) is 11.0. The Morgan fingerprint density at radius 2 is 1.61 bits per heavy atom. The lowest BCUT2D eigenvalue weighted by atomic mass is 10.1. The van der Waals surface area contributed by atoms with E-state index in [1.165, 1.54) is 24.3 Å². The number of carbonyl (C=O) groups is 1. The molecule has 1 fully saturated rings. The lowest BCUT2D eigenvalue weighted by Crippen LogP contribution is -2.49. The lowest BCUT2D eigenvalue weighted by Gasteiger charge is -2.36. The van der Waals surface area contributed by atoms with Crippen LogP contribution in [0.4, 0.5) is 14.5 Å². The average Bonchev–Trinajstić information content (AvgIpc) is 2.55. The van der Waals surface area contributed by atoms with E-state index in [-0.39, 0.29) is 22.3 Å². The van der Waals surface area contributed by atoms with Crippen LogP contribution in [-0.2, 0) is 0 Å². The smallest absolute Gasteiger partial charge is 0.256 e. The Labute approximate surface area is 138 Å². The van der Waals surface area contributed by atoms with Gasteiger partial charge in [-0.15, -0.1) is 0 Å². The van der Waals surface area contributed by atoms with Crippen molar-refractivity contribution in [2.75, 3.05) is 31.1 Å². The standard InChI is InChI=1S/C17H15ClF2N2O/c18-12-1-6-15(16(20)11-12)17(23)22-9-7-21(8-10-22)14-4-2-13(19)3-5-14/h1-6,11H,7-10H2. The van der Waals surface area contributed by atoms with Crippen LogP contribution in [-0.4, -0.2) is 37.0 Å². The molecule has 0 aliphatic carbocycles. The van der Waals surface area contributed by atoms with Gasteiger partial charge < -0.3 is 9.80 Å². The summed E-state index contributed by atoms with van der Waals surface area (Å²) in [5.74, 6) is -1.22. The molecule has 0 atom stereocenters. The number of hydrogen-bond donors (Lipinski definition) is 0. The number of piperazine rings is 1. The van der Waals surface area contributed by atoms with Crippen molar-refractivity contribution < 1.29 is 13.6 Å². The minimum atomic E-state index is -0.608. The van der Waals surface area contributed by atoms with Crippen molar-refractivity contribution in [2.24, 2.45) is 0 Å². The average molecular weight is 337 g/mol. The number of hydrogen-bond acceptors (Lipinski definition) is 2. The zero-order chi connectivity index (χ0) is 16.4. The van der Waals surface area contributed by atoms with Crippen LogP contribution >= 0.6 is 11.6 Å². The zero-order valence-corrected chi connectivity index (χ0v) is 13.1. The van der Waals surface area contributed by atoms with Gasteiger partial charge in [0.1, 0.15) is 11.6 Å². The molecule has 0 N–H and O–H groups in total. The number of benzene rings is 2. The number of anilines is 1. The van der Waals surface area contributed by atoms with Crippen LogP contribution in [0.15, 0.2) is 42.5 Å². The summed E-state index contributed by atoms with van der Waals surface area (Å²) >= 11 is 5.71. The molecule has 1 amide bonds. The number of rotatable bonds is 2. The Morgan fingerprint density at radius 3 is 2.22 bits per heavy atom. The van der Waals surface area contributed by atoms with E-state index in [9.17, 15) is 13.6 Å². The first-order valence-corrected chi connectivity index (χ1v) is 7.67. The first kappa shape index (κ1) is 15.7. The molecule has 1 aliphatic rings. The van der Waals surface area contributed by atoms with Gasteiger partial charge in [-0.3, -0.25) is 4.79 Å². The third kappa shape index (κ3) is 3.45. The van der Waals surface area contributed by atoms with Crippen molar-refractivity contribution in [2.45, 2.75) is 0 Å². The van der Waals surface area contributed by atoms with E-state index >= 15 is 0 Å². The van der Waals surface area contributed by atoms with Gasteiger partial charge in [0.05, 0.1) is 5.56 Å². The van der Waals surface area contributed by atoms with Crippen molar-refractivity contribution in [1.29, 1.82) is 0 Å². The maximum absolute atomic E-state index is 13.9. The molecule has 1 heterocycles. The Kier molecular flexibility index (Phi) is 4.48. The Morgan fingerprint density at radius 1 is 0.957 bits per heavy atom. The topological polar surface area (TPSA) is 23.6 Å². The van der Waals surface area contributed by atoms with Gasteiger partial charge in [-0.25, -0.2) is 8.78 Å². The molecular weight excluding hydrogens is 322 g/mol. The van der Waals surface area contributed by atoms with Crippen LogP contribution in [0, 0.1) is 11.6 Å². The molecule has 0 radical (unpaired) electrons. The molecule has 0 bridgehead atoms. The Balaban J connectivity index is 1.66. The zero-order valence-electron chi connectivity index (χ0n) is 12.3. The van der Waals surface area contributed by atoms with Crippen molar-refractivity contribution in [3.8, 4) is 0 Å². The molecule has 2 aromatic rings. The summed E-state index contributed by atoms with van der Waals surface area (Å²) in [7, 11) is 0. The van der Waals surface area contributed by atoms with E-state index in [1.807, 2.05) is 0 Å². The predicted octanol–water partition coefficient (Wildman–Crippen LogP) is 3.58. The van der Waals surface area contributed by atoms with E-state index in [1.54, 1.807) is 17.0 Å². The highest BCUT2D eigenvalue weighted by atomic mass is 35.5. The van der Waals surface area contributed by atoms with Crippen LogP contribution in [0.2, 0.25) is 5.02 Å². The summed E-state index contributed by atoms with van der Waals surface area (Å²) in [6, 6.07) is 10.3. The highest BCUT2D eigenvalue weighted by Crippen LogP contribution is 2.20.